The minimum atomic E-state index is 0.0520. The minimum absolute atomic E-state index is 0.0520. The first-order valence-corrected chi connectivity index (χ1v) is 6.74. The standard InChI is InChI=1S/C14H27NO/c1-10-6-7-11(9-15-10)12-8-13(2,3)16-14(12,4)5/h10-12,15H,6-9H2,1-5H3. The van der Waals surface area contributed by atoms with Crippen molar-refractivity contribution in [3.63, 3.8) is 0 Å². The second kappa shape index (κ2) is 3.99. The van der Waals surface area contributed by atoms with Crippen LogP contribution in [0.4, 0.5) is 0 Å². The summed E-state index contributed by atoms with van der Waals surface area (Å²) in [6, 6.07) is 0.703. The van der Waals surface area contributed by atoms with Gasteiger partial charge in [-0.3, -0.25) is 0 Å². The second-order valence-electron chi connectivity index (χ2n) is 6.92. The molecule has 2 fully saturated rings. The average molecular weight is 225 g/mol. The smallest absolute Gasteiger partial charge is 0.0666 e. The molecular formula is C14H27NO. The van der Waals surface area contributed by atoms with Crippen molar-refractivity contribution in [2.75, 3.05) is 6.54 Å². The fourth-order valence-electron chi connectivity index (χ4n) is 3.70. The Bertz CT molecular complexity index is 251. The van der Waals surface area contributed by atoms with Gasteiger partial charge in [0.2, 0.25) is 0 Å². The Hall–Kier alpha value is -0.0800. The first kappa shape index (κ1) is 12.4. The Kier molecular flexibility index (Phi) is 3.09. The van der Waals surface area contributed by atoms with Crippen molar-refractivity contribution in [2.24, 2.45) is 11.8 Å². The van der Waals surface area contributed by atoms with Gasteiger partial charge in [0.15, 0.2) is 0 Å². The summed E-state index contributed by atoms with van der Waals surface area (Å²) in [4.78, 5) is 0. The Morgan fingerprint density at radius 1 is 1.12 bits per heavy atom. The van der Waals surface area contributed by atoms with Crippen LogP contribution in [-0.2, 0) is 4.74 Å². The molecule has 2 rings (SSSR count). The third-order valence-corrected chi connectivity index (χ3v) is 4.41. The van der Waals surface area contributed by atoms with Crippen LogP contribution < -0.4 is 5.32 Å². The summed E-state index contributed by atoms with van der Waals surface area (Å²) in [6.07, 6.45) is 3.89. The fraction of sp³-hybridized carbons (Fsp3) is 1.00. The average Bonchev–Trinajstić information content (AvgIpc) is 2.35. The molecule has 16 heavy (non-hydrogen) atoms. The van der Waals surface area contributed by atoms with Crippen molar-refractivity contribution >= 4 is 0 Å². The maximum Gasteiger partial charge on any atom is 0.0666 e. The van der Waals surface area contributed by atoms with E-state index in [9.17, 15) is 0 Å². The second-order valence-corrected chi connectivity index (χ2v) is 6.92. The molecule has 0 aromatic rings. The zero-order valence-corrected chi connectivity index (χ0v) is 11.5. The monoisotopic (exact) mass is 225 g/mol. The van der Waals surface area contributed by atoms with Crippen LogP contribution in [0, 0.1) is 11.8 Å². The predicted molar refractivity (Wildman–Crippen MR) is 67.5 cm³/mol. The van der Waals surface area contributed by atoms with Gasteiger partial charge < -0.3 is 10.1 Å². The van der Waals surface area contributed by atoms with Crippen LogP contribution in [0.1, 0.15) is 53.9 Å². The quantitative estimate of drug-likeness (QED) is 0.741. The van der Waals surface area contributed by atoms with E-state index >= 15 is 0 Å². The molecule has 2 heterocycles. The lowest BCUT2D eigenvalue weighted by Gasteiger charge is -2.37. The molecule has 0 saturated carbocycles. The van der Waals surface area contributed by atoms with E-state index in [1.165, 1.54) is 25.8 Å². The largest absolute Gasteiger partial charge is 0.369 e. The maximum atomic E-state index is 6.20. The van der Waals surface area contributed by atoms with Gasteiger partial charge in [0, 0.05) is 6.04 Å². The van der Waals surface area contributed by atoms with Crippen LogP contribution in [0.3, 0.4) is 0 Å². The molecule has 2 aliphatic rings. The van der Waals surface area contributed by atoms with Crippen LogP contribution in [0.2, 0.25) is 0 Å². The minimum Gasteiger partial charge on any atom is -0.369 e. The van der Waals surface area contributed by atoms with Gasteiger partial charge in [-0.15, -0.1) is 0 Å². The number of hydrogen-bond acceptors (Lipinski definition) is 2. The summed E-state index contributed by atoms with van der Waals surface area (Å²) in [5, 5.41) is 3.62. The summed E-state index contributed by atoms with van der Waals surface area (Å²) in [6.45, 7) is 12.5. The van der Waals surface area contributed by atoms with Crippen LogP contribution in [0.25, 0.3) is 0 Å². The molecule has 0 aromatic carbocycles. The van der Waals surface area contributed by atoms with Gasteiger partial charge in [-0.2, -0.15) is 0 Å². The Morgan fingerprint density at radius 3 is 2.25 bits per heavy atom. The number of hydrogen-bond donors (Lipinski definition) is 1. The van der Waals surface area contributed by atoms with E-state index < -0.39 is 0 Å². The molecule has 2 aliphatic heterocycles. The summed E-state index contributed by atoms with van der Waals surface area (Å²) in [5.41, 5.74) is 0.119. The molecule has 2 heteroatoms. The number of piperidine rings is 1. The highest BCUT2D eigenvalue weighted by atomic mass is 16.5. The normalized spacial score (nSPS) is 42.2. The van der Waals surface area contributed by atoms with Gasteiger partial charge in [0.05, 0.1) is 11.2 Å². The van der Waals surface area contributed by atoms with Crippen molar-refractivity contribution < 1.29 is 4.74 Å². The van der Waals surface area contributed by atoms with E-state index in [-0.39, 0.29) is 11.2 Å². The first-order valence-electron chi connectivity index (χ1n) is 6.74. The lowest BCUT2D eigenvalue weighted by molar-refractivity contribution is -0.0811. The van der Waals surface area contributed by atoms with Gasteiger partial charge >= 0.3 is 0 Å². The SMILES string of the molecule is CC1CCC(C2CC(C)(C)OC2(C)C)CN1. The molecule has 2 nitrogen and oxygen atoms in total. The lowest BCUT2D eigenvalue weighted by atomic mass is 9.74. The topological polar surface area (TPSA) is 21.3 Å². The third kappa shape index (κ3) is 2.43. The lowest BCUT2D eigenvalue weighted by Crippen LogP contribution is -2.44. The third-order valence-electron chi connectivity index (χ3n) is 4.41. The highest BCUT2D eigenvalue weighted by Crippen LogP contribution is 2.47. The van der Waals surface area contributed by atoms with E-state index in [0.29, 0.717) is 12.0 Å². The molecule has 94 valence electrons. The van der Waals surface area contributed by atoms with Gasteiger partial charge in [-0.25, -0.2) is 0 Å². The van der Waals surface area contributed by atoms with E-state index in [1.54, 1.807) is 0 Å². The van der Waals surface area contributed by atoms with Crippen LogP contribution in [-0.4, -0.2) is 23.8 Å². The summed E-state index contributed by atoms with van der Waals surface area (Å²) < 4.78 is 6.20. The van der Waals surface area contributed by atoms with E-state index in [1.807, 2.05) is 0 Å². The number of ether oxygens (including phenoxy) is 1. The first-order chi connectivity index (χ1) is 7.30. The molecule has 0 radical (unpaired) electrons. The van der Waals surface area contributed by atoms with E-state index in [2.05, 4.69) is 39.9 Å². The van der Waals surface area contributed by atoms with Gasteiger partial charge in [0.25, 0.3) is 0 Å². The summed E-state index contributed by atoms with van der Waals surface area (Å²) >= 11 is 0. The van der Waals surface area contributed by atoms with Crippen molar-refractivity contribution in [3.8, 4) is 0 Å². The summed E-state index contributed by atoms with van der Waals surface area (Å²) in [7, 11) is 0. The molecule has 3 unspecified atom stereocenters. The molecule has 0 bridgehead atoms. The zero-order valence-electron chi connectivity index (χ0n) is 11.5. The molecule has 0 aliphatic carbocycles. The molecule has 3 atom stereocenters. The van der Waals surface area contributed by atoms with Gasteiger partial charge in [-0.1, -0.05) is 0 Å². The molecule has 0 aromatic heterocycles. The number of nitrogens with one attached hydrogen (secondary N) is 1. The predicted octanol–water partition coefficient (Wildman–Crippen LogP) is 2.97. The van der Waals surface area contributed by atoms with Crippen LogP contribution in [0.5, 0.6) is 0 Å². The highest BCUT2D eigenvalue weighted by molar-refractivity contribution is 4.98. The molecule has 0 amide bonds. The molecule has 0 spiro atoms. The van der Waals surface area contributed by atoms with Crippen molar-refractivity contribution in [1.29, 1.82) is 0 Å². The Labute approximate surface area is 100 Å². The van der Waals surface area contributed by atoms with Gasteiger partial charge in [0.1, 0.15) is 0 Å². The molecule has 2 saturated heterocycles. The molecule has 1 N–H and O–H groups in total. The van der Waals surface area contributed by atoms with Crippen molar-refractivity contribution in [2.45, 2.75) is 71.1 Å². The van der Waals surface area contributed by atoms with Crippen molar-refractivity contribution in [3.05, 3.63) is 0 Å². The Morgan fingerprint density at radius 2 is 1.81 bits per heavy atom. The summed E-state index contributed by atoms with van der Waals surface area (Å²) in [5.74, 6) is 1.51. The fourth-order valence-corrected chi connectivity index (χ4v) is 3.70. The highest BCUT2D eigenvalue weighted by Gasteiger charge is 2.49. The van der Waals surface area contributed by atoms with Crippen LogP contribution >= 0.6 is 0 Å². The maximum absolute atomic E-state index is 6.20. The van der Waals surface area contributed by atoms with E-state index in [4.69, 9.17) is 4.74 Å². The van der Waals surface area contributed by atoms with Crippen molar-refractivity contribution in [1.82, 2.24) is 5.32 Å². The van der Waals surface area contributed by atoms with E-state index in [0.717, 1.165) is 5.92 Å². The zero-order chi connectivity index (χ0) is 12.0. The molecular weight excluding hydrogens is 198 g/mol. The van der Waals surface area contributed by atoms with Crippen LogP contribution in [0.15, 0.2) is 0 Å². The Balaban J connectivity index is 2.04. The number of rotatable bonds is 1. The van der Waals surface area contributed by atoms with Gasteiger partial charge in [-0.05, 0) is 72.3 Å².